The molecule has 0 aliphatic rings. The molecule has 6 nitrogen and oxygen atoms in total. The van der Waals surface area contributed by atoms with Crippen LogP contribution >= 0.6 is 23.4 Å². The van der Waals surface area contributed by atoms with Gasteiger partial charge in [0.05, 0.1) is 27.1 Å². The summed E-state index contributed by atoms with van der Waals surface area (Å²) in [6.45, 7) is 3.82. The van der Waals surface area contributed by atoms with Crippen LogP contribution < -0.4 is 10.0 Å². The van der Waals surface area contributed by atoms with Crippen LogP contribution in [0.1, 0.15) is 35.3 Å². The molecular formula is C20H22ClN3O3S2. The van der Waals surface area contributed by atoms with Gasteiger partial charge in [-0.3, -0.25) is 4.79 Å². The summed E-state index contributed by atoms with van der Waals surface area (Å²) in [5, 5.41) is 12.0. The van der Waals surface area contributed by atoms with Crippen molar-refractivity contribution in [3.8, 4) is 6.07 Å². The van der Waals surface area contributed by atoms with E-state index in [1.54, 1.807) is 31.7 Å². The third kappa shape index (κ3) is 6.75. The molecule has 2 aromatic carbocycles. The van der Waals surface area contributed by atoms with Crippen molar-refractivity contribution in [1.82, 2.24) is 10.0 Å². The zero-order valence-electron chi connectivity index (χ0n) is 16.1. The van der Waals surface area contributed by atoms with E-state index in [0.717, 1.165) is 5.56 Å². The molecule has 0 aromatic heterocycles. The number of carbonyl (C=O) groups excluding carboxylic acids is 1. The Morgan fingerprint density at radius 1 is 1.24 bits per heavy atom. The monoisotopic (exact) mass is 451 g/mol. The second kappa shape index (κ2) is 10.6. The van der Waals surface area contributed by atoms with Crippen molar-refractivity contribution in [3.63, 3.8) is 0 Å². The molecule has 1 amide bonds. The van der Waals surface area contributed by atoms with Crippen LogP contribution in [0.4, 0.5) is 0 Å². The first-order valence-corrected chi connectivity index (χ1v) is 11.9. The zero-order chi connectivity index (χ0) is 21.4. The molecular weight excluding hydrogens is 430 g/mol. The van der Waals surface area contributed by atoms with E-state index >= 15 is 0 Å². The second-order valence-electron chi connectivity index (χ2n) is 6.50. The first-order chi connectivity index (χ1) is 13.7. The van der Waals surface area contributed by atoms with Crippen LogP contribution in [0.2, 0.25) is 5.02 Å². The van der Waals surface area contributed by atoms with Gasteiger partial charge in [-0.25, -0.2) is 13.1 Å². The van der Waals surface area contributed by atoms with Gasteiger partial charge in [-0.1, -0.05) is 29.8 Å². The number of nitrogens with zero attached hydrogens (tertiary/aromatic N) is 1. The number of amides is 1. The minimum Gasteiger partial charge on any atom is -0.351 e. The average Bonchev–Trinajstić information content (AvgIpc) is 2.67. The van der Waals surface area contributed by atoms with Crippen molar-refractivity contribution in [1.29, 1.82) is 5.26 Å². The van der Waals surface area contributed by atoms with Gasteiger partial charge in [-0.2, -0.15) is 17.0 Å². The fourth-order valence-electron chi connectivity index (χ4n) is 2.49. The van der Waals surface area contributed by atoms with Crippen LogP contribution in [0.5, 0.6) is 0 Å². The van der Waals surface area contributed by atoms with Crippen LogP contribution in [-0.4, -0.2) is 32.7 Å². The standard InChI is InChI=1S/C20H22ClN3O3S2/c1-14(2)24-29(26,27)17-7-8-19(21)18(11-17)20(25)23-9-10-28-13-16-6-4-3-5-15(16)12-22/h3-8,11,14,24H,9-10,13H2,1-2H3,(H,23,25). The van der Waals surface area contributed by atoms with Crippen molar-refractivity contribution >= 4 is 39.3 Å². The number of hydrogen-bond donors (Lipinski definition) is 2. The van der Waals surface area contributed by atoms with Crippen molar-refractivity contribution in [2.75, 3.05) is 12.3 Å². The van der Waals surface area contributed by atoms with E-state index in [2.05, 4.69) is 16.1 Å². The number of carbonyl (C=O) groups is 1. The third-order valence-corrected chi connectivity index (χ3v) is 6.80. The van der Waals surface area contributed by atoms with Gasteiger partial charge in [-0.05, 0) is 43.7 Å². The lowest BCUT2D eigenvalue weighted by Crippen LogP contribution is -2.31. The average molecular weight is 452 g/mol. The number of hydrogen-bond acceptors (Lipinski definition) is 5. The molecule has 0 saturated heterocycles. The van der Waals surface area contributed by atoms with E-state index in [0.29, 0.717) is 23.6 Å². The molecule has 0 radical (unpaired) electrons. The lowest BCUT2D eigenvalue weighted by atomic mass is 10.1. The summed E-state index contributed by atoms with van der Waals surface area (Å²) < 4.78 is 27.1. The highest BCUT2D eigenvalue weighted by molar-refractivity contribution is 7.98. The summed E-state index contributed by atoms with van der Waals surface area (Å²) in [5.74, 6) is 0.861. The summed E-state index contributed by atoms with van der Waals surface area (Å²) in [7, 11) is -3.72. The molecule has 0 aliphatic carbocycles. The topological polar surface area (TPSA) is 99.1 Å². The van der Waals surface area contributed by atoms with E-state index in [4.69, 9.17) is 16.9 Å². The molecule has 9 heteroatoms. The fourth-order valence-corrected chi connectivity index (χ4v) is 4.84. The van der Waals surface area contributed by atoms with Gasteiger partial charge in [0.15, 0.2) is 0 Å². The molecule has 2 aromatic rings. The fraction of sp³-hybridized carbons (Fsp3) is 0.300. The highest BCUT2D eigenvalue weighted by Crippen LogP contribution is 2.21. The predicted octanol–water partition coefficient (Wildman–Crippen LogP) is 3.56. The minimum absolute atomic E-state index is 0.0109. The number of halogens is 1. The van der Waals surface area contributed by atoms with Crippen LogP contribution in [0, 0.1) is 11.3 Å². The quantitative estimate of drug-likeness (QED) is 0.568. The van der Waals surface area contributed by atoms with Crippen molar-refractivity contribution < 1.29 is 13.2 Å². The summed E-state index contributed by atoms with van der Waals surface area (Å²) >= 11 is 7.68. The van der Waals surface area contributed by atoms with Crippen LogP contribution in [-0.2, 0) is 15.8 Å². The Bertz CT molecular complexity index is 1020. The Hall–Kier alpha value is -2.05. The van der Waals surface area contributed by atoms with Gasteiger partial charge < -0.3 is 5.32 Å². The largest absolute Gasteiger partial charge is 0.351 e. The molecule has 0 heterocycles. The number of sulfonamides is 1. The number of rotatable bonds is 9. The molecule has 29 heavy (non-hydrogen) atoms. The van der Waals surface area contributed by atoms with Gasteiger partial charge in [-0.15, -0.1) is 0 Å². The lowest BCUT2D eigenvalue weighted by molar-refractivity contribution is 0.0956. The molecule has 0 unspecified atom stereocenters. The van der Waals surface area contributed by atoms with Crippen molar-refractivity contribution in [3.05, 3.63) is 64.2 Å². The van der Waals surface area contributed by atoms with E-state index < -0.39 is 15.9 Å². The minimum atomic E-state index is -3.72. The van der Waals surface area contributed by atoms with Gasteiger partial charge in [0.25, 0.3) is 5.91 Å². The van der Waals surface area contributed by atoms with Gasteiger partial charge >= 0.3 is 0 Å². The van der Waals surface area contributed by atoms with Gasteiger partial charge in [0, 0.05) is 24.1 Å². The van der Waals surface area contributed by atoms with Gasteiger partial charge in [0.1, 0.15) is 0 Å². The Kier molecular flexibility index (Phi) is 8.53. The Morgan fingerprint density at radius 3 is 2.66 bits per heavy atom. The van der Waals surface area contributed by atoms with E-state index in [1.807, 2.05) is 18.2 Å². The molecule has 0 fully saturated rings. The highest BCUT2D eigenvalue weighted by Gasteiger charge is 2.19. The SMILES string of the molecule is CC(C)NS(=O)(=O)c1ccc(Cl)c(C(=O)NCCSCc2ccccc2C#N)c1. The Balaban J connectivity index is 1.94. The highest BCUT2D eigenvalue weighted by atomic mass is 35.5. The van der Waals surface area contributed by atoms with E-state index in [1.165, 1.54) is 18.2 Å². The Labute approximate surface area is 180 Å². The van der Waals surface area contributed by atoms with E-state index in [-0.39, 0.29) is 21.5 Å². The molecule has 2 N–H and O–H groups in total. The molecule has 154 valence electrons. The molecule has 0 saturated carbocycles. The number of nitriles is 1. The Morgan fingerprint density at radius 2 is 1.97 bits per heavy atom. The van der Waals surface area contributed by atoms with Crippen molar-refractivity contribution in [2.24, 2.45) is 0 Å². The molecule has 0 aliphatic heterocycles. The third-order valence-electron chi connectivity index (χ3n) is 3.81. The van der Waals surface area contributed by atoms with Crippen molar-refractivity contribution in [2.45, 2.75) is 30.5 Å². The van der Waals surface area contributed by atoms with Gasteiger partial charge in [0.2, 0.25) is 10.0 Å². The lowest BCUT2D eigenvalue weighted by Gasteiger charge is -2.12. The second-order valence-corrected chi connectivity index (χ2v) is 9.72. The first-order valence-electron chi connectivity index (χ1n) is 8.90. The zero-order valence-corrected chi connectivity index (χ0v) is 18.5. The maximum Gasteiger partial charge on any atom is 0.252 e. The normalized spacial score (nSPS) is 11.3. The van der Waals surface area contributed by atoms with Crippen LogP contribution in [0.3, 0.4) is 0 Å². The number of benzene rings is 2. The summed E-state index contributed by atoms with van der Waals surface area (Å²) in [4.78, 5) is 12.4. The maximum atomic E-state index is 12.4. The maximum absolute atomic E-state index is 12.4. The predicted molar refractivity (Wildman–Crippen MR) is 117 cm³/mol. The van der Waals surface area contributed by atoms with Crippen LogP contribution in [0.25, 0.3) is 0 Å². The van der Waals surface area contributed by atoms with Crippen LogP contribution in [0.15, 0.2) is 47.4 Å². The molecule has 0 bridgehead atoms. The number of thioether (sulfide) groups is 1. The molecule has 0 spiro atoms. The smallest absolute Gasteiger partial charge is 0.252 e. The molecule has 2 rings (SSSR count). The number of nitrogens with one attached hydrogen (secondary N) is 2. The van der Waals surface area contributed by atoms with E-state index in [9.17, 15) is 13.2 Å². The summed E-state index contributed by atoms with van der Waals surface area (Å²) in [6.07, 6.45) is 0. The molecule has 0 atom stereocenters. The summed E-state index contributed by atoms with van der Waals surface area (Å²) in [6, 6.07) is 13.3. The summed E-state index contributed by atoms with van der Waals surface area (Å²) in [5.41, 5.74) is 1.70. The first kappa shape index (κ1) is 23.2.